The van der Waals surface area contributed by atoms with E-state index in [4.69, 9.17) is 17.0 Å². The zero-order valence-electron chi connectivity index (χ0n) is 13.4. The van der Waals surface area contributed by atoms with Crippen molar-refractivity contribution in [1.82, 2.24) is 9.80 Å². The third-order valence-electron chi connectivity index (χ3n) is 4.05. The molecule has 1 fully saturated rings. The summed E-state index contributed by atoms with van der Waals surface area (Å²) in [6, 6.07) is 6.41. The first-order valence-corrected chi connectivity index (χ1v) is 7.85. The molecule has 1 aromatic rings. The van der Waals surface area contributed by atoms with Gasteiger partial charge in [-0.2, -0.15) is 0 Å². The van der Waals surface area contributed by atoms with E-state index in [9.17, 15) is 0 Å². The molecule has 5 heteroatoms. The zero-order valence-corrected chi connectivity index (χ0v) is 14.1. The molecule has 21 heavy (non-hydrogen) atoms. The fraction of sp³-hybridized carbons (Fsp3) is 0.562. The van der Waals surface area contributed by atoms with E-state index >= 15 is 0 Å². The van der Waals surface area contributed by atoms with Crippen molar-refractivity contribution in [2.24, 2.45) is 0 Å². The third kappa shape index (κ3) is 3.50. The maximum atomic E-state index is 8.44. The normalized spacial score (nSPS) is 19.0. The number of hydrogen-bond donors (Lipinski definition) is 1. The highest BCUT2D eigenvalue weighted by molar-refractivity contribution is 6.31. The molecule has 2 rings (SSSR count). The highest BCUT2D eigenvalue weighted by atomic mass is 35.5. The summed E-state index contributed by atoms with van der Waals surface area (Å²) in [5.41, 5.74) is 2.10. The number of hydrogen-bond acceptors (Lipinski definition) is 2. The van der Waals surface area contributed by atoms with E-state index in [0.29, 0.717) is 12.0 Å². The number of aryl methyl sites for hydroxylation is 1. The van der Waals surface area contributed by atoms with Gasteiger partial charge in [0.25, 0.3) is 0 Å². The third-order valence-corrected chi connectivity index (χ3v) is 4.46. The van der Waals surface area contributed by atoms with E-state index in [0.717, 1.165) is 42.3 Å². The Labute approximate surface area is 132 Å². The van der Waals surface area contributed by atoms with Gasteiger partial charge in [0.15, 0.2) is 5.96 Å². The van der Waals surface area contributed by atoms with Crippen molar-refractivity contribution in [2.75, 3.05) is 38.6 Å². The summed E-state index contributed by atoms with van der Waals surface area (Å²) < 4.78 is 0. The maximum absolute atomic E-state index is 8.44. The highest BCUT2D eigenvalue weighted by Gasteiger charge is 2.34. The molecule has 1 unspecified atom stereocenters. The number of nitrogens with one attached hydrogen (secondary N) is 1. The minimum Gasteiger partial charge on any atom is -0.341 e. The van der Waals surface area contributed by atoms with Crippen molar-refractivity contribution in [3.63, 3.8) is 0 Å². The summed E-state index contributed by atoms with van der Waals surface area (Å²) in [5, 5.41) is 9.20. The molecule has 1 heterocycles. The lowest BCUT2D eigenvalue weighted by molar-refractivity contribution is 0.366. The molecule has 1 N–H and O–H groups in total. The van der Waals surface area contributed by atoms with Crippen LogP contribution in [-0.2, 0) is 0 Å². The van der Waals surface area contributed by atoms with Gasteiger partial charge in [-0.3, -0.25) is 5.41 Å². The fourth-order valence-electron chi connectivity index (χ4n) is 2.72. The number of likely N-dealkylation sites (N-methyl/N-ethyl adjacent to an activating group) is 1. The number of halogens is 1. The smallest absolute Gasteiger partial charge is 0.198 e. The Balaban J connectivity index is 2.26. The van der Waals surface area contributed by atoms with E-state index in [1.54, 1.807) is 0 Å². The summed E-state index contributed by atoms with van der Waals surface area (Å²) in [6.45, 7) is 6.90. The molecule has 0 aromatic heterocycles. The van der Waals surface area contributed by atoms with Gasteiger partial charge in [0.1, 0.15) is 0 Å². The van der Waals surface area contributed by atoms with Crippen LogP contribution in [0.1, 0.15) is 18.9 Å². The largest absolute Gasteiger partial charge is 0.341 e. The SMILES string of the molecule is CCN1CC(CCN(C)C)N(c2ccc(C)c(Cl)c2)C1=N. The summed E-state index contributed by atoms with van der Waals surface area (Å²) in [4.78, 5) is 6.44. The van der Waals surface area contributed by atoms with Crippen LogP contribution < -0.4 is 4.90 Å². The van der Waals surface area contributed by atoms with Crippen LogP contribution >= 0.6 is 11.6 Å². The quantitative estimate of drug-likeness (QED) is 0.907. The molecular weight excluding hydrogens is 284 g/mol. The average Bonchev–Trinajstić information content (AvgIpc) is 2.76. The van der Waals surface area contributed by atoms with Gasteiger partial charge in [-0.1, -0.05) is 17.7 Å². The van der Waals surface area contributed by atoms with Crippen LogP contribution in [0, 0.1) is 12.3 Å². The van der Waals surface area contributed by atoms with E-state index in [2.05, 4.69) is 41.8 Å². The summed E-state index contributed by atoms with van der Waals surface area (Å²) in [5.74, 6) is 0.584. The summed E-state index contributed by atoms with van der Waals surface area (Å²) >= 11 is 6.27. The summed E-state index contributed by atoms with van der Waals surface area (Å²) in [7, 11) is 4.18. The topological polar surface area (TPSA) is 33.6 Å². The van der Waals surface area contributed by atoms with Crippen LogP contribution in [0.25, 0.3) is 0 Å². The molecule has 1 aromatic carbocycles. The van der Waals surface area contributed by atoms with Crippen molar-refractivity contribution in [3.05, 3.63) is 28.8 Å². The average molecular weight is 309 g/mol. The number of nitrogens with zero attached hydrogens (tertiary/aromatic N) is 3. The minimum atomic E-state index is 0.332. The van der Waals surface area contributed by atoms with Crippen molar-refractivity contribution in [3.8, 4) is 0 Å². The Kier molecular flexibility index (Phi) is 5.12. The highest BCUT2D eigenvalue weighted by Crippen LogP contribution is 2.29. The minimum absolute atomic E-state index is 0.332. The molecule has 4 nitrogen and oxygen atoms in total. The predicted octanol–water partition coefficient (Wildman–Crippen LogP) is 3.05. The van der Waals surface area contributed by atoms with Gasteiger partial charge in [-0.25, -0.2) is 0 Å². The van der Waals surface area contributed by atoms with Gasteiger partial charge < -0.3 is 14.7 Å². The molecule has 0 aliphatic carbocycles. The molecule has 1 saturated heterocycles. The van der Waals surface area contributed by atoms with Crippen molar-refractivity contribution in [2.45, 2.75) is 26.3 Å². The first-order chi connectivity index (χ1) is 9.93. The second-order valence-electron chi connectivity index (χ2n) is 5.91. The first-order valence-electron chi connectivity index (χ1n) is 7.47. The lowest BCUT2D eigenvalue weighted by Crippen LogP contribution is -2.37. The number of guanidine groups is 1. The van der Waals surface area contributed by atoms with Crippen LogP contribution in [0.4, 0.5) is 5.69 Å². The van der Waals surface area contributed by atoms with Crippen LogP contribution in [0.15, 0.2) is 18.2 Å². The van der Waals surface area contributed by atoms with Crippen LogP contribution in [0.2, 0.25) is 5.02 Å². The molecule has 116 valence electrons. The van der Waals surface area contributed by atoms with E-state index in [-0.39, 0.29) is 0 Å². The molecule has 1 aliphatic heterocycles. The first kappa shape index (κ1) is 16.1. The molecule has 0 spiro atoms. The van der Waals surface area contributed by atoms with Gasteiger partial charge in [-0.05, 0) is 58.6 Å². The van der Waals surface area contributed by atoms with Gasteiger partial charge in [-0.15, -0.1) is 0 Å². The molecular formula is C16H25ClN4. The van der Waals surface area contributed by atoms with Crippen LogP contribution in [0.3, 0.4) is 0 Å². The Bertz CT molecular complexity index is 515. The number of benzene rings is 1. The lowest BCUT2D eigenvalue weighted by Gasteiger charge is -2.26. The molecule has 0 bridgehead atoms. The number of anilines is 1. The monoisotopic (exact) mass is 308 g/mol. The lowest BCUT2D eigenvalue weighted by atomic mass is 10.1. The van der Waals surface area contributed by atoms with Gasteiger partial charge >= 0.3 is 0 Å². The van der Waals surface area contributed by atoms with Gasteiger partial charge in [0.2, 0.25) is 0 Å². The second kappa shape index (κ2) is 6.67. The second-order valence-corrected chi connectivity index (χ2v) is 6.32. The van der Waals surface area contributed by atoms with Crippen LogP contribution in [0.5, 0.6) is 0 Å². The van der Waals surface area contributed by atoms with E-state index in [1.807, 2.05) is 19.1 Å². The Hall–Kier alpha value is -1.26. The van der Waals surface area contributed by atoms with Crippen LogP contribution in [-0.4, -0.2) is 55.5 Å². The molecule has 1 aliphatic rings. The van der Waals surface area contributed by atoms with Crippen molar-refractivity contribution >= 4 is 23.2 Å². The van der Waals surface area contributed by atoms with Crippen molar-refractivity contribution in [1.29, 1.82) is 5.41 Å². The molecule has 0 radical (unpaired) electrons. The maximum Gasteiger partial charge on any atom is 0.198 e. The van der Waals surface area contributed by atoms with Gasteiger partial charge in [0, 0.05) is 23.8 Å². The molecule has 0 saturated carbocycles. The zero-order chi connectivity index (χ0) is 15.6. The molecule has 1 atom stereocenters. The predicted molar refractivity (Wildman–Crippen MR) is 90.6 cm³/mol. The number of rotatable bonds is 5. The van der Waals surface area contributed by atoms with Gasteiger partial charge in [0.05, 0.1) is 6.04 Å². The Morgan fingerprint density at radius 1 is 1.38 bits per heavy atom. The standard InChI is InChI=1S/C16H25ClN4/c1-5-20-11-14(8-9-19(3)4)21(16(20)18)13-7-6-12(2)15(17)10-13/h6-7,10,14,18H,5,8-9,11H2,1-4H3. The van der Waals surface area contributed by atoms with Crippen molar-refractivity contribution < 1.29 is 0 Å². The van der Waals surface area contributed by atoms with E-state index < -0.39 is 0 Å². The van der Waals surface area contributed by atoms with E-state index in [1.165, 1.54) is 0 Å². The Morgan fingerprint density at radius 3 is 2.67 bits per heavy atom. The molecule has 0 amide bonds. The summed E-state index contributed by atoms with van der Waals surface area (Å²) in [6.07, 6.45) is 1.04. The Morgan fingerprint density at radius 2 is 2.10 bits per heavy atom. The fourth-order valence-corrected chi connectivity index (χ4v) is 2.89.